The number of nitro groups is 1. The Hall–Kier alpha value is -4.80. The number of nitrogens with zero attached hydrogens (tertiary/aromatic N) is 4. The average Bonchev–Trinajstić information content (AvgIpc) is 3.41. The zero-order valence-electron chi connectivity index (χ0n) is 21.0. The predicted octanol–water partition coefficient (Wildman–Crippen LogP) is 7.60. The van der Waals surface area contributed by atoms with Crippen LogP contribution in [0.2, 0.25) is 5.02 Å². The number of ether oxygens (including phenoxy) is 1. The van der Waals surface area contributed by atoms with Gasteiger partial charge in [-0.25, -0.2) is 4.98 Å². The third-order valence-electron chi connectivity index (χ3n) is 6.27. The zero-order valence-corrected chi connectivity index (χ0v) is 23.4. The first-order valence-electron chi connectivity index (χ1n) is 12.3. The molecule has 2 heterocycles. The highest BCUT2D eigenvalue weighted by Crippen LogP contribution is 2.35. The molecule has 0 aliphatic rings. The normalized spacial score (nSPS) is 11.5. The molecule has 202 valence electrons. The van der Waals surface area contributed by atoms with E-state index in [4.69, 9.17) is 25.7 Å². The van der Waals surface area contributed by atoms with Crippen molar-refractivity contribution in [1.29, 1.82) is 0 Å². The van der Waals surface area contributed by atoms with Gasteiger partial charge in [0.2, 0.25) is 5.82 Å². The van der Waals surface area contributed by atoms with E-state index in [1.807, 2.05) is 36.4 Å². The number of furan rings is 1. The van der Waals surface area contributed by atoms with Crippen LogP contribution in [0.5, 0.6) is 5.75 Å². The molecule has 0 spiro atoms. The molecule has 0 N–H and O–H groups in total. The lowest BCUT2D eigenvalue weighted by molar-refractivity contribution is -0.384. The summed E-state index contributed by atoms with van der Waals surface area (Å²) in [6.45, 7) is 0.156. The molecule has 0 bridgehead atoms. The van der Waals surface area contributed by atoms with Crippen LogP contribution in [-0.2, 0) is 6.61 Å². The monoisotopic (exact) mass is 628 g/mol. The van der Waals surface area contributed by atoms with E-state index >= 15 is 0 Å². The maximum Gasteiger partial charge on any atom is 0.282 e. The van der Waals surface area contributed by atoms with Crippen molar-refractivity contribution in [3.8, 4) is 17.3 Å². The summed E-state index contributed by atoms with van der Waals surface area (Å²) in [7, 11) is 0. The van der Waals surface area contributed by atoms with Gasteiger partial charge in [-0.2, -0.15) is 9.78 Å². The van der Waals surface area contributed by atoms with Gasteiger partial charge < -0.3 is 9.15 Å². The molecule has 41 heavy (non-hydrogen) atoms. The number of aromatic nitrogens is 2. The Morgan fingerprint density at radius 3 is 2.56 bits per heavy atom. The maximum absolute atomic E-state index is 13.5. The fourth-order valence-electron chi connectivity index (χ4n) is 4.27. The summed E-state index contributed by atoms with van der Waals surface area (Å²) in [5.74, 6) is 1.06. The lowest BCUT2D eigenvalue weighted by Gasteiger charge is -2.11. The van der Waals surface area contributed by atoms with Gasteiger partial charge in [0, 0.05) is 17.5 Å². The molecule has 0 fully saturated rings. The second kappa shape index (κ2) is 11.0. The molecule has 0 saturated carbocycles. The molecule has 0 saturated heterocycles. The predicted molar refractivity (Wildman–Crippen MR) is 161 cm³/mol. The van der Waals surface area contributed by atoms with Crippen molar-refractivity contribution in [2.75, 3.05) is 0 Å². The molecular weight excluding hydrogens is 612 g/mol. The molecule has 0 amide bonds. The lowest BCUT2D eigenvalue weighted by Crippen LogP contribution is -2.20. The number of non-ortho nitro benzene ring substituents is 1. The number of halogens is 2. The third kappa shape index (κ3) is 5.34. The van der Waals surface area contributed by atoms with Crippen molar-refractivity contribution >= 4 is 61.3 Å². The molecule has 0 aliphatic carbocycles. The van der Waals surface area contributed by atoms with Gasteiger partial charge in [-0.05, 0) is 75.6 Å². The minimum Gasteiger partial charge on any atom is -0.486 e. The Morgan fingerprint density at radius 1 is 1.05 bits per heavy atom. The summed E-state index contributed by atoms with van der Waals surface area (Å²) in [4.78, 5) is 28.6. The number of rotatable bonds is 7. The van der Waals surface area contributed by atoms with E-state index in [0.717, 1.165) is 10.9 Å². The van der Waals surface area contributed by atoms with E-state index in [1.54, 1.807) is 42.5 Å². The number of nitro benzene ring substituents is 1. The lowest BCUT2D eigenvalue weighted by atomic mass is 10.2. The Balaban J connectivity index is 1.33. The Bertz CT molecular complexity index is 1980. The second-order valence-electron chi connectivity index (χ2n) is 8.99. The quantitative estimate of drug-likeness (QED) is 0.102. The standard InChI is InChI=1S/C30H18BrClN4O5/c31-23-13-19(14-24(32)28(23)40-17-18-9-11-21(12-10-18)36(38)39)16-33-35-29(27-15-20-5-1-4-8-26(20)41-27)34-25-7-3-2-6-22(25)30(35)37/h1-16H,17H2. The molecule has 0 radical (unpaired) electrons. The first-order valence-corrected chi connectivity index (χ1v) is 13.4. The summed E-state index contributed by atoms with van der Waals surface area (Å²) < 4.78 is 13.7. The van der Waals surface area contributed by atoms with E-state index in [0.29, 0.717) is 43.1 Å². The summed E-state index contributed by atoms with van der Waals surface area (Å²) in [6.07, 6.45) is 1.50. The van der Waals surface area contributed by atoms with E-state index in [1.165, 1.54) is 23.0 Å². The van der Waals surface area contributed by atoms with Crippen molar-refractivity contribution in [3.05, 3.63) is 132 Å². The van der Waals surface area contributed by atoms with Crippen molar-refractivity contribution in [2.45, 2.75) is 6.61 Å². The molecule has 0 unspecified atom stereocenters. The molecule has 0 atom stereocenters. The highest BCUT2D eigenvalue weighted by molar-refractivity contribution is 9.10. The van der Waals surface area contributed by atoms with Gasteiger partial charge in [0.25, 0.3) is 11.2 Å². The van der Waals surface area contributed by atoms with Crippen LogP contribution in [0, 0.1) is 10.1 Å². The molecule has 11 heteroatoms. The first kappa shape index (κ1) is 26.4. The molecule has 4 aromatic carbocycles. The molecule has 2 aromatic heterocycles. The van der Waals surface area contributed by atoms with Gasteiger partial charge in [0.15, 0.2) is 11.5 Å². The number of para-hydroxylation sites is 2. The van der Waals surface area contributed by atoms with E-state index < -0.39 is 4.92 Å². The van der Waals surface area contributed by atoms with Crippen LogP contribution in [0.4, 0.5) is 5.69 Å². The van der Waals surface area contributed by atoms with Crippen LogP contribution in [0.3, 0.4) is 0 Å². The largest absolute Gasteiger partial charge is 0.486 e. The highest BCUT2D eigenvalue weighted by atomic mass is 79.9. The first-order chi connectivity index (χ1) is 19.9. The molecule has 6 aromatic rings. The Labute approximate surface area is 245 Å². The number of benzene rings is 4. The smallest absolute Gasteiger partial charge is 0.282 e. The summed E-state index contributed by atoms with van der Waals surface area (Å²) in [5, 5.41) is 17.0. The molecular formula is C30H18BrClN4O5. The number of hydrogen-bond acceptors (Lipinski definition) is 7. The highest BCUT2D eigenvalue weighted by Gasteiger charge is 2.17. The van der Waals surface area contributed by atoms with Gasteiger partial charge in [-0.1, -0.05) is 41.9 Å². The van der Waals surface area contributed by atoms with Gasteiger partial charge in [-0.15, -0.1) is 0 Å². The van der Waals surface area contributed by atoms with Crippen LogP contribution in [0.25, 0.3) is 33.5 Å². The van der Waals surface area contributed by atoms with Crippen molar-refractivity contribution in [3.63, 3.8) is 0 Å². The second-order valence-corrected chi connectivity index (χ2v) is 10.3. The van der Waals surface area contributed by atoms with Gasteiger partial charge in [-0.3, -0.25) is 14.9 Å². The van der Waals surface area contributed by atoms with Crippen molar-refractivity contribution in [1.82, 2.24) is 9.66 Å². The zero-order chi connectivity index (χ0) is 28.5. The van der Waals surface area contributed by atoms with Crippen LogP contribution < -0.4 is 10.3 Å². The molecule has 6 rings (SSSR count). The third-order valence-corrected chi connectivity index (χ3v) is 7.14. The summed E-state index contributed by atoms with van der Waals surface area (Å²) in [6, 6.07) is 25.9. The Kier molecular flexibility index (Phi) is 7.08. The van der Waals surface area contributed by atoms with Crippen LogP contribution >= 0.6 is 27.5 Å². The fourth-order valence-corrected chi connectivity index (χ4v) is 5.26. The Morgan fingerprint density at radius 2 is 1.80 bits per heavy atom. The minimum atomic E-state index is -0.458. The summed E-state index contributed by atoms with van der Waals surface area (Å²) >= 11 is 10.0. The summed E-state index contributed by atoms with van der Waals surface area (Å²) in [5.41, 5.74) is 2.18. The average molecular weight is 630 g/mol. The van der Waals surface area contributed by atoms with Gasteiger partial charge in [0.1, 0.15) is 12.2 Å². The van der Waals surface area contributed by atoms with Crippen molar-refractivity contribution < 1.29 is 14.1 Å². The minimum absolute atomic E-state index is 0.000743. The van der Waals surface area contributed by atoms with Gasteiger partial charge >= 0.3 is 0 Å². The van der Waals surface area contributed by atoms with Gasteiger partial charge in [0.05, 0.1) is 31.5 Å². The topological polar surface area (TPSA) is 113 Å². The van der Waals surface area contributed by atoms with E-state index in [2.05, 4.69) is 21.0 Å². The van der Waals surface area contributed by atoms with E-state index in [-0.39, 0.29) is 23.7 Å². The maximum atomic E-state index is 13.5. The van der Waals surface area contributed by atoms with Crippen LogP contribution in [0.1, 0.15) is 11.1 Å². The SMILES string of the molecule is O=c1c2ccccc2nc(-c2cc3ccccc3o2)n1N=Cc1cc(Cl)c(OCc2ccc([N+](=O)[O-])cc2)c(Br)c1. The van der Waals surface area contributed by atoms with E-state index in [9.17, 15) is 14.9 Å². The number of hydrogen-bond donors (Lipinski definition) is 0. The molecule has 9 nitrogen and oxygen atoms in total. The number of fused-ring (bicyclic) bond motifs is 2. The van der Waals surface area contributed by atoms with Crippen molar-refractivity contribution in [2.24, 2.45) is 5.10 Å². The molecule has 0 aliphatic heterocycles. The fraction of sp³-hybridized carbons (Fsp3) is 0.0333. The van der Waals surface area contributed by atoms with Crippen LogP contribution in [-0.4, -0.2) is 20.8 Å². The van der Waals surface area contributed by atoms with Crippen LogP contribution in [0.15, 0.2) is 110 Å².